The van der Waals surface area contributed by atoms with Gasteiger partial charge in [0.15, 0.2) is 11.5 Å². The molecule has 3 unspecified atom stereocenters. The Bertz CT molecular complexity index is 500. The summed E-state index contributed by atoms with van der Waals surface area (Å²) in [6.45, 7) is 3.44. The SMILES string of the molecule is CC(NC1CCOC1C1CC1)c1ccc2c(c1)OCO2. The summed E-state index contributed by atoms with van der Waals surface area (Å²) in [5.74, 6) is 2.50. The fourth-order valence-electron chi connectivity index (χ4n) is 3.28. The van der Waals surface area contributed by atoms with E-state index in [1.54, 1.807) is 0 Å². The summed E-state index contributed by atoms with van der Waals surface area (Å²) in [6.07, 6.45) is 4.21. The van der Waals surface area contributed by atoms with Crippen LogP contribution in [0.2, 0.25) is 0 Å². The van der Waals surface area contributed by atoms with Crippen molar-refractivity contribution in [1.29, 1.82) is 0 Å². The molecule has 4 rings (SSSR count). The van der Waals surface area contributed by atoms with Gasteiger partial charge in [-0.25, -0.2) is 0 Å². The van der Waals surface area contributed by atoms with Gasteiger partial charge in [-0.05, 0) is 49.8 Å². The van der Waals surface area contributed by atoms with Crippen molar-refractivity contribution in [1.82, 2.24) is 5.32 Å². The maximum atomic E-state index is 5.89. The van der Waals surface area contributed by atoms with Gasteiger partial charge in [-0.1, -0.05) is 6.07 Å². The van der Waals surface area contributed by atoms with Crippen molar-refractivity contribution in [3.8, 4) is 11.5 Å². The Morgan fingerprint density at radius 1 is 1.15 bits per heavy atom. The second kappa shape index (κ2) is 4.93. The van der Waals surface area contributed by atoms with Gasteiger partial charge in [0, 0.05) is 18.7 Å². The zero-order valence-corrected chi connectivity index (χ0v) is 11.8. The lowest BCUT2D eigenvalue weighted by molar-refractivity contribution is 0.0793. The number of hydrogen-bond acceptors (Lipinski definition) is 4. The largest absolute Gasteiger partial charge is 0.454 e. The molecular weight excluding hydrogens is 254 g/mol. The van der Waals surface area contributed by atoms with Gasteiger partial charge in [0.25, 0.3) is 0 Å². The van der Waals surface area contributed by atoms with Crippen LogP contribution in [-0.2, 0) is 4.74 Å². The maximum Gasteiger partial charge on any atom is 0.231 e. The van der Waals surface area contributed by atoms with Crippen LogP contribution in [0.3, 0.4) is 0 Å². The monoisotopic (exact) mass is 275 g/mol. The summed E-state index contributed by atoms with van der Waals surface area (Å²) in [7, 11) is 0. The van der Waals surface area contributed by atoms with Crippen LogP contribution < -0.4 is 14.8 Å². The molecule has 0 spiro atoms. The average Bonchev–Trinajstić information content (AvgIpc) is 3.01. The zero-order valence-electron chi connectivity index (χ0n) is 11.8. The third-order valence-corrected chi connectivity index (χ3v) is 4.58. The van der Waals surface area contributed by atoms with E-state index in [-0.39, 0.29) is 0 Å². The van der Waals surface area contributed by atoms with Crippen molar-refractivity contribution in [3.63, 3.8) is 0 Å². The Morgan fingerprint density at radius 3 is 2.85 bits per heavy atom. The average molecular weight is 275 g/mol. The molecule has 1 aromatic rings. The summed E-state index contributed by atoms with van der Waals surface area (Å²) in [5.41, 5.74) is 1.25. The summed E-state index contributed by atoms with van der Waals surface area (Å²) in [6, 6.07) is 6.99. The van der Waals surface area contributed by atoms with Crippen molar-refractivity contribution in [3.05, 3.63) is 23.8 Å². The molecule has 4 heteroatoms. The van der Waals surface area contributed by atoms with E-state index in [4.69, 9.17) is 14.2 Å². The molecule has 108 valence electrons. The van der Waals surface area contributed by atoms with Crippen molar-refractivity contribution >= 4 is 0 Å². The van der Waals surface area contributed by atoms with Crippen molar-refractivity contribution in [2.75, 3.05) is 13.4 Å². The van der Waals surface area contributed by atoms with Gasteiger partial charge in [0.05, 0.1) is 6.10 Å². The third-order valence-electron chi connectivity index (χ3n) is 4.58. The molecule has 0 amide bonds. The van der Waals surface area contributed by atoms with Crippen LogP contribution in [0.5, 0.6) is 11.5 Å². The van der Waals surface area contributed by atoms with E-state index in [0.29, 0.717) is 25.0 Å². The Labute approximate surface area is 119 Å². The summed E-state index contributed by atoms with van der Waals surface area (Å²) >= 11 is 0. The lowest BCUT2D eigenvalue weighted by Crippen LogP contribution is -2.39. The van der Waals surface area contributed by atoms with Crippen LogP contribution in [0.25, 0.3) is 0 Å². The Hall–Kier alpha value is -1.26. The molecule has 2 fully saturated rings. The van der Waals surface area contributed by atoms with E-state index in [9.17, 15) is 0 Å². The number of hydrogen-bond donors (Lipinski definition) is 1. The minimum absolute atomic E-state index is 0.303. The molecule has 3 atom stereocenters. The number of rotatable bonds is 4. The molecule has 1 aliphatic carbocycles. The van der Waals surface area contributed by atoms with Crippen LogP contribution in [-0.4, -0.2) is 25.5 Å². The lowest BCUT2D eigenvalue weighted by atomic mass is 10.0. The van der Waals surface area contributed by atoms with E-state index in [2.05, 4.69) is 24.4 Å². The van der Waals surface area contributed by atoms with Crippen LogP contribution in [0.1, 0.15) is 37.8 Å². The van der Waals surface area contributed by atoms with Gasteiger partial charge < -0.3 is 19.5 Å². The van der Waals surface area contributed by atoms with E-state index >= 15 is 0 Å². The highest BCUT2D eigenvalue weighted by Gasteiger charge is 2.40. The molecule has 0 aromatic heterocycles. The second-order valence-electron chi connectivity index (χ2n) is 6.07. The summed E-state index contributed by atoms with van der Waals surface area (Å²) in [4.78, 5) is 0. The summed E-state index contributed by atoms with van der Waals surface area (Å²) < 4.78 is 16.7. The van der Waals surface area contributed by atoms with Crippen LogP contribution in [0, 0.1) is 5.92 Å². The Kier molecular flexibility index (Phi) is 3.08. The first-order valence-corrected chi connectivity index (χ1v) is 7.58. The summed E-state index contributed by atoms with van der Waals surface area (Å²) in [5, 5.41) is 3.74. The minimum Gasteiger partial charge on any atom is -0.454 e. The molecule has 3 aliphatic rings. The quantitative estimate of drug-likeness (QED) is 0.917. The molecule has 2 aliphatic heterocycles. The van der Waals surface area contributed by atoms with Crippen LogP contribution >= 0.6 is 0 Å². The molecule has 1 N–H and O–H groups in total. The van der Waals surface area contributed by atoms with Crippen molar-refractivity contribution in [2.45, 2.75) is 44.4 Å². The van der Waals surface area contributed by atoms with Gasteiger partial charge in [0.1, 0.15) is 0 Å². The second-order valence-corrected chi connectivity index (χ2v) is 6.07. The number of benzene rings is 1. The van der Waals surface area contributed by atoms with Crippen LogP contribution in [0.4, 0.5) is 0 Å². The zero-order chi connectivity index (χ0) is 13.5. The first kappa shape index (κ1) is 12.5. The number of fused-ring (bicyclic) bond motifs is 1. The molecule has 0 radical (unpaired) electrons. The highest BCUT2D eigenvalue weighted by molar-refractivity contribution is 5.45. The van der Waals surface area contributed by atoms with Gasteiger partial charge in [-0.3, -0.25) is 0 Å². The lowest BCUT2D eigenvalue weighted by Gasteiger charge is -2.24. The molecule has 1 saturated carbocycles. The van der Waals surface area contributed by atoms with Gasteiger partial charge in [-0.2, -0.15) is 0 Å². The third kappa shape index (κ3) is 2.27. The highest BCUT2D eigenvalue weighted by atomic mass is 16.7. The first-order valence-electron chi connectivity index (χ1n) is 7.58. The molecule has 4 nitrogen and oxygen atoms in total. The van der Waals surface area contributed by atoms with Gasteiger partial charge in [0.2, 0.25) is 6.79 Å². The molecule has 2 heterocycles. The smallest absolute Gasteiger partial charge is 0.231 e. The van der Waals surface area contributed by atoms with Crippen LogP contribution in [0.15, 0.2) is 18.2 Å². The standard InChI is InChI=1S/C16H21NO3/c1-10(12-4-5-14-15(8-12)20-9-19-14)17-13-6-7-18-16(13)11-2-3-11/h4-5,8,10-11,13,16-17H,2-3,6-7,9H2,1H3. The van der Waals surface area contributed by atoms with Gasteiger partial charge >= 0.3 is 0 Å². The highest BCUT2D eigenvalue weighted by Crippen LogP contribution is 2.40. The topological polar surface area (TPSA) is 39.7 Å². The predicted octanol–water partition coefficient (Wildman–Crippen LogP) is 2.63. The Morgan fingerprint density at radius 2 is 2.00 bits per heavy atom. The normalized spacial score (nSPS) is 29.6. The number of nitrogens with one attached hydrogen (secondary N) is 1. The predicted molar refractivity (Wildman–Crippen MR) is 75.0 cm³/mol. The number of ether oxygens (including phenoxy) is 3. The molecule has 0 bridgehead atoms. The van der Waals surface area contributed by atoms with E-state index < -0.39 is 0 Å². The fraction of sp³-hybridized carbons (Fsp3) is 0.625. The molecular formula is C16H21NO3. The van der Waals surface area contributed by atoms with Crippen molar-refractivity contribution in [2.24, 2.45) is 5.92 Å². The molecule has 1 aromatic carbocycles. The van der Waals surface area contributed by atoms with E-state index in [1.165, 1.54) is 18.4 Å². The first-order chi connectivity index (χ1) is 9.81. The maximum absolute atomic E-state index is 5.89. The fourth-order valence-corrected chi connectivity index (χ4v) is 3.28. The van der Waals surface area contributed by atoms with E-state index in [1.807, 2.05) is 6.07 Å². The molecule has 1 saturated heterocycles. The van der Waals surface area contributed by atoms with Crippen molar-refractivity contribution < 1.29 is 14.2 Å². The molecule has 20 heavy (non-hydrogen) atoms. The Balaban J connectivity index is 1.45. The van der Waals surface area contributed by atoms with E-state index in [0.717, 1.165) is 30.4 Å². The van der Waals surface area contributed by atoms with Gasteiger partial charge in [-0.15, -0.1) is 0 Å². The minimum atomic E-state index is 0.303.